The van der Waals surface area contributed by atoms with Crippen molar-refractivity contribution >= 4 is 71.2 Å². The van der Waals surface area contributed by atoms with Gasteiger partial charge in [0.25, 0.3) is 0 Å². The molecule has 2 aromatic heterocycles. The summed E-state index contributed by atoms with van der Waals surface area (Å²) in [7, 11) is 0. The Morgan fingerprint density at radius 3 is 1.74 bits per heavy atom. The van der Waals surface area contributed by atoms with Crippen molar-refractivity contribution in [1.82, 2.24) is 19.5 Å². The highest BCUT2D eigenvalue weighted by molar-refractivity contribution is 6.19. The Kier molecular flexibility index (Phi) is 7.54. The molecule has 0 saturated heterocycles. The Morgan fingerprint density at radius 2 is 0.919 bits per heavy atom. The summed E-state index contributed by atoms with van der Waals surface area (Å²) in [6.45, 7) is 0. The van der Waals surface area contributed by atoms with Crippen molar-refractivity contribution in [3.05, 3.63) is 212 Å². The lowest BCUT2D eigenvalue weighted by molar-refractivity contribution is 1.07. The second-order valence-electron chi connectivity index (χ2n) is 16.0. The molecule has 0 spiro atoms. The van der Waals surface area contributed by atoms with Crippen molar-refractivity contribution in [3.8, 4) is 51.0 Å². The van der Waals surface area contributed by atoms with Crippen molar-refractivity contribution in [2.75, 3.05) is 4.90 Å². The highest BCUT2D eigenvalue weighted by atomic mass is 15.2. The average molecular weight is 790 g/mol. The summed E-state index contributed by atoms with van der Waals surface area (Å²) in [6.07, 6.45) is 0. The summed E-state index contributed by atoms with van der Waals surface area (Å²) >= 11 is 0. The molecule has 0 bridgehead atoms. The maximum Gasteiger partial charge on any atom is 0.164 e. The van der Waals surface area contributed by atoms with Gasteiger partial charge in [-0.3, -0.25) is 0 Å². The van der Waals surface area contributed by atoms with E-state index in [9.17, 15) is 0 Å². The first-order chi connectivity index (χ1) is 30.7. The van der Waals surface area contributed by atoms with E-state index in [1.54, 1.807) is 0 Å². The molecule has 0 amide bonds. The number of rotatable bonds is 5. The molecule has 0 atom stereocenters. The molecule has 62 heavy (non-hydrogen) atoms. The zero-order valence-corrected chi connectivity index (χ0v) is 33.4. The Bertz CT molecular complexity index is 3750. The van der Waals surface area contributed by atoms with Crippen LogP contribution in [0.15, 0.2) is 212 Å². The van der Waals surface area contributed by atoms with Gasteiger partial charge in [0.1, 0.15) is 0 Å². The first-order valence-electron chi connectivity index (χ1n) is 21.0. The number of nitrogens with zero attached hydrogens (tertiary/aromatic N) is 5. The van der Waals surface area contributed by atoms with Gasteiger partial charge in [-0.05, 0) is 99.9 Å². The van der Waals surface area contributed by atoms with E-state index >= 15 is 0 Å². The van der Waals surface area contributed by atoms with Crippen molar-refractivity contribution in [2.45, 2.75) is 0 Å². The van der Waals surface area contributed by atoms with E-state index in [-0.39, 0.29) is 0 Å². The van der Waals surface area contributed by atoms with Crippen molar-refractivity contribution < 1.29 is 0 Å². The molecule has 1 aliphatic heterocycles. The molecule has 0 unspecified atom stereocenters. The second-order valence-corrected chi connectivity index (χ2v) is 16.0. The second kappa shape index (κ2) is 13.6. The fraction of sp³-hybridized carbons (Fsp3) is 0. The monoisotopic (exact) mass is 789 g/mol. The lowest BCUT2D eigenvalue weighted by atomic mass is 9.88. The van der Waals surface area contributed by atoms with Gasteiger partial charge < -0.3 is 9.47 Å². The first kappa shape index (κ1) is 34.5. The van der Waals surface area contributed by atoms with Crippen molar-refractivity contribution in [1.29, 1.82) is 0 Å². The number of fused-ring (bicyclic) bond motifs is 8. The molecule has 0 N–H and O–H groups in total. The predicted molar refractivity (Wildman–Crippen MR) is 257 cm³/mol. The predicted octanol–water partition coefficient (Wildman–Crippen LogP) is 14.9. The third kappa shape index (κ3) is 5.32. The highest BCUT2D eigenvalue weighted by Crippen LogP contribution is 2.53. The fourth-order valence-corrected chi connectivity index (χ4v) is 9.65. The minimum atomic E-state index is 0.619. The van der Waals surface area contributed by atoms with Gasteiger partial charge in [0.2, 0.25) is 0 Å². The van der Waals surface area contributed by atoms with Crippen LogP contribution >= 0.6 is 0 Å². The van der Waals surface area contributed by atoms with Crippen LogP contribution in [0.3, 0.4) is 0 Å². The molecule has 12 aromatic rings. The van der Waals surface area contributed by atoms with E-state index in [0.29, 0.717) is 17.5 Å². The topological polar surface area (TPSA) is 46.8 Å². The molecular formula is C57H35N5. The lowest BCUT2D eigenvalue weighted by Crippen LogP contribution is -2.15. The number of hydrogen-bond acceptors (Lipinski definition) is 4. The van der Waals surface area contributed by atoms with Crippen LogP contribution in [0.1, 0.15) is 0 Å². The molecule has 5 heteroatoms. The number of hydrogen-bond donors (Lipinski definition) is 0. The van der Waals surface area contributed by atoms with Gasteiger partial charge in [-0.15, -0.1) is 0 Å². The number of benzene rings is 10. The summed E-state index contributed by atoms with van der Waals surface area (Å²) in [5.74, 6) is 1.88. The Morgan fingerprint density at radius 1 is 0.323 bits per heavy atom. The minimum Gasteiger partial charge on any atom is -0.309 e. The van der Waals surface area contributed by atoms with Gasteiger partial charge in [0, 0.05) is 55.2 Å². The summed E-state index contributed by atoms with van der Waals surface area (Å²) in [5, 5.41) is 9.54. The Hall–Kier alpha value is -8.41. The smallest absolute Gasteiger partial charge is 0.164 e. The van der Waals surface area contributed by atoms with E-state index in [1.165, 1.54) is 54.8 Å². The normalized spacial score (nSPS) is 12.2. The first-order valence-corrected chi connectivity index (χ1v) is 21.0. The quantitative estimate of drug-likeness (QED) is 0.174. The van der Waals surface area contributed by atoms with Crippen LogP contribution in [0.4, 0.5) is 17.1 Å². The molecular weight excluding hydrogens is 755 g/mol. The van der Waals surface area contributed by atoms with Gasteiger partial charge in [-0.25, -0.2) is 15.0 Å². The van der Waals surface area contributed by atoms with E-state index in [4.69, 9.17) is 15.0 Å². The van der Waals surface area contributed by atoms with Crippen LogP contribution < -0.4 is 4.90 Å². The average Bonchev–Trinajstić information content (AvgIpc) is 3.68. The molecule has 0 aliphatic carbocycles. The zero-order chi connectivity index (χ0) is 40.7. The molecule has 13 rings (SSSR count). The highest BCUT2D eigenvalue weighted by Gasteiger charge is 2.28. The van der Waals surface area contributed by atoms with Crippen LogP contribution in [-0.2, 0) is 0 Å². The van der Waals surface area contributed by atoms with Crippen molar-refractivity contribution in [3.63, 3.8) is 0 Å². The SMILES string of the molecule is c1ccc(-n2c3ccccc3c3cc(-c4nc(-c5ccc(N6c7c(ccc8ccccc78)-c7cccc8cccc6c78)cc5)nc(-c5ccc6ccccc6c5)n4)ccc32)cc1. The van der Waals surface area contributed by atoms with E-state index in [1.807, 2.05) is 0 Å². The molecule has 3 heterocycles. The molecule has 5 nitrogen and oxygen atoms in total. The zero-order valence-electron chi connectivity index (χ0n) is 33.4. The standard InChI is InChI=1S/C57H35N5/c1-2-17-43(18-3-1)61-50-22-9-8-20-46(50)49-35-42(29-33-51(49)61)57-59-55(58-56(60-57)41-25-24-36-12-4-5-14-40(36)34-41)39-26-30-44(31-27-39)62-52-23-11-16-38-15-10-21-47(53(38)52)48-32-28-37-13-6-7-19-45(37)54(48)62/h1-35H. The van der Waals surface area contributed by atoms with Crippen LogP contribution in [-0.4, -0.2) is 19.5 Å². The van der Waals surface area contributed by atoms with Crippen LogP contribution in [0, 0.1) is 0 Å². The van der Waals surface area contributed by atoms with Gasteiger partial charge in [-0.2, -0.15) is 0 Å². The summed E-state index contributed by atoms with van der Waals surface area (Å²) in [4.78, 5) is 18.1. The Labute approximate surface area is 357 Å². The molecule has 10 aromatic carbocycles. The molecule has 288 valence electrons. The summed E-state index contributed by atoms with van der Waals surface area (Å²) in [6, 6.07) is 75.7. The number of aromatic nitrogens is 4. The largest absolute Gasteiger partial charge is 0.309 e. The van der Waals surface area contributed by atoms with Gasteiger partial charge >= 0.3 is 0 Å². The third-order valence-electron chi connectivity index (χ3n) is 12.5. The van der Waals surface area contributed by atoms with E-state index in [0.717, 1.165) is 49.9 Å². The lowest BCUT2D eigenvalue weighted by Gasteiger charge is -2.34. The minimum absolute atomic E-state index is 0.619. The number of para-hydroxylation sites is 2. The molecule has 0 fully saturated rings. The maximum atomic E-state index is 5.25. The molecule has 0 radical (unpaired) electrons. The van der Waals surface area contributed by atoms with Gasteiger partial charge in [-0.1, -0.05) is 140 Å². The number of anilines is 3. The third-order valence-corrected chi connectivity index (χ3v) is 12.5. The summed E-state index contributed by atoms with van der Waals surface area (Å²) in [5.41, 5.74) is 12.1. The molecule has 0 saturated carbocycles. The van der Waals surface area contributed by atoms with E-state index < -0.39 is 0 Å². The van der Waals surface area contributed by atoms with Gasteiger partial charge in [0.15, 0.2) is 17.5 Å². The fourth-order valence-electron chi connectivity index (χ4n) is 9.65. The molecule has 1 aliphatic rings. The maximum absolute atomic E-state index is 5.25. The van der Waals surface area contributed by atoms with E-state index in [2.05, 4.69) is 222 Å². The van der Waals surface area contributed by atoms with Crippen LogP contribution in [0.25, 0.3) is 105 Å². The summed E-state index contributed by atoms with van der Waals surface area (Å²) < 4.78 is 2.33. The van der Waals surface area contributed by atoms with Crippen molar-refractivity contribution in [2.24, 2.45) is 0 Å². The van der Waals surface area contributed by atoms with Crippen LogP contribution in [0.2, 0.25) is 0 Å². The Balaban J connectivity index is 0.983. The van der Waals surface area contributed by atoms with Gasteiger partial charge in [0.05, 0.1) is 22.4 Å². The van der Waals surface area contributed by atoms with Crippen LogP contribution in [0.5, 0.6) is 0 Å².